The molecule has 0 aromatic heterocycles. The van der Waals surface area contributed by atoms with E-state index in [0.29, 0.717) is 12.8 Å². The fourth-order valence-corrected chi connectivity index (χ4v) is 3.36. The van der Waals surface area contributed by atoms with Gasteiger partial charge in [-0.2, -0.15) is 0 Å². The second-order valence-electron chi connectivity index (χ2n) is 5.18. The van der Waals surface area contributed by atoms with Crippen LogP contribution in [0.15, 0.2) is 28.7 Å². The topological polar surface area (TPSA) is 57.6 Å². The van der Waals surface area contributed by atoms with E-state index in [4.69, 9.17) is 0 Å². The summed E-state index contributed by atoms with van der Waals surface area (Å²) in [4.78, 5) is 25.5. The Labute approximate surface area is 126 Å². The highest BCUT2D eigenvalue weighted by Gasteiger charge is 2.37. The lowest BCUT2D eigenvalue weighted by atomic mass is 9.78. The predicted octanol–water partition coefficient (Wildman–Crippen LogP) is 3.30. The van der Waals surface area contributed by atoms with E-state index in [1.54, 1.807) is 11.9 Å². The first kappa shape index (κ1) is 15.0. The molecule has 20 heavy (non-hydrogen) atoms. The third-order valence-corrected chi connectivity index (χ3v) is 4.62. The highest BCUT2D eigenvalue weighted by molar-refractivity contribution is 9.10. The molecular weight excluding hydrogens is 322 g/mol. The number of hydrogen-bond donors (Lipinski definition) is 1. The van der Waals surface area contributed by atoms with E-state index >= 15 is 0 Å². The minimum atomic E-state index is -0.858. The van der Waals surface area contributed by atoms with Crippen LogP contribution in [-0.4, -0.2) is 24.0 Å². The fourth-order valence-electron chi connectivity index (χ4n) is 2.81. The Kier molecular flexibility index (Phi) is 4.81. The van der Waals surface area contributed by atoms with Gasteiger partial charge in [0.05, 0.1) is 17.5 Å². The molecule has 2 rings (SSSR count). The number of halogens is 1. The number of anilines is 1. The van der Waals surface area contributed by atoms with Crippen molar-refractivity contribution in [1.29, 1.82) is 0 Å². The maximum Gasteiger partial charge on any atom is 0.307 e. The summed E-state index contributed by atoms with van der Waals surface area (Å²) in [7, 11) is 1.70. The van der Waals surface area contributed by atoms with Crippen molar-refractivity contribution in [3.05, 3.63) is 28.7 Å². The number of carbonyl (C=O) groups excluding carboxylic acids is 1. The summed E-state index contributed by atoms with van der Waals surface area (Å²) in [5, 5.41) is 9.28. The number of rotatable bonds is 3. The predicted molar refractivity (Wildman–Crippen MR) is 80.6 cm³/mol. The number of aliphatic carboxylic acids is 1. The third kappa shape index (κ3) is 3.03. The molecule has 1 fully saturated rings. The molecule has 0 saturated heterocycles. The Balaban J connectivity index is 2.21. The number of carbonyl (C=O) groups is 2. The maximum absolute atomic E-state index is 12.6. The van der Waals surface area contributed by atoms with Crippen molar-refractivity contribution >= 4 is 33.5 Å². The van der Waals surface area contributed by atoms with Crippen molar-refractivity contribution < 1.29 is 14.7 Å². The van der Waals surface area contributed by atoms with Crippen LogP contribution in [0, 0.1) is 11.8 Å². The van der Waals surface area contributed by atoms with Gasteiger partial charge < -0.3 is 10.0 Å². The van der Waals surface area contributed by atoms with E-state index in [2.05, 4.69) is 15.9 Å². The number of nitrogens with zero attached hydrogens (tertiary/aromatic N) is 1. The maximum atomic E-state index is 12.6. The molecule has 1 aromatic carbocycles. The zero-order valence-electron chi connectivity index (χ0n) is 11.4. The summed E-state index contributed by atoms with van der Waals surface area (Å²) >= 11 is 3.42. The molecule has 1 amide bonds. The van der Waals surface area contributed by atoms with Gasteiger partial charge >= 0.3 is 5.97 Å². The van der Waals surface area contributed by atoms with Crippen molar-refractivity contribution in [2.45, 2.75) is 25.7 Å². The van der Waals surface area contributed by atoms with E-state index in [-0.39, 0.29) is 5.91 Å². The molecular formula is C15H18BrNO3. The van der Waals surface area contributed by atoms with Gasteiger partial charge in [0.2, 0.25) is 5.91 Å². The molecule has 1 aliphatic rings. The van der Waals surface area contributed by atoms with Gasteiger partial charge in [-0.15, -0.1) is 0 Å². The zero-order valence-corrected chi connectivity index (χ0v) is 13.0. The molecule has 0 unspecified atom stereocenters. The minimum absolute atomic E-state index is 0.107. The quantitative estimate of drug-likeness (QED) is 0.918. The lowest BCUT2D eigenvalue weighted by Gasteiger charge is -2.31. The summed E-state index contributed by atoms with van der Waals surface area (Å²) in [6, 6.07) is 7.46. The first-order chi connectivity index (χ1) is 9.52. The van der Waals surface area contributed by atoms with Crippen LogP contribution < -0.4 is 4.90 Å². The summed E-state index contributed by atoms with van der Waals surface area (Å²) in [5.41, 5.74) is 0.771. The third-order valence-electron chi connectivity index (χ3n) is 3.94. The highest BCUT2D eigenvalue weighted by Crippen LogP contribution is 2.34. The van der Waals surface area contributed by atoms with Gasteiger partial charge in [-0.25, -0.2) is 0 Å². The van der Waals surface area contributed by atoms with Gasteiger partial charge in [0.15, 0.2) is 0 Å². The van der Waals surface area contributed by atoms with E-state index in [9.17, 15) is 14.7 Å². The molecule has 108 valence electrons. The molecule has 1 aliphatic carbocycles. The van der Waals surface area contributed by atoms with Crippen molar-refractivity contribution in [3.8, 4) is 0 Å². The summed E-state index contributed by atoms with van der Waals surface area (Å²) in [6.45, 7) is 0. The molecule has 2 atom stereocenters. The molecule has 1 N–H and O–H groups in total. The average molecular weight is 340 g/mol. The van der Waals surface area contributed by atoms with Gasteiger partial charge in [-0.05, 0) is 40.9 Å². The highest BCUT2D eigenvalue weighted by atomic mass is 79.9. The van der Waals surface area contributed by atoms with Crippen molar-refractivity contribution in [1.82, 2.24) is 0 Å². The van der Waals surface area contributed by atoms with Crippen molar-refractivity contribution in [2.75, 3.05) is 11.9 Å². The normalized spacial score (nSPS) is 22.3. The first-order valence-electron chi connectivity index (χ1n) is 6.77. The van der Waals surface area contributed by atoms with E-state index in [1.165, 1.54) is 0 Å². The number of hydrogen-bond acceptors (Lipinski definition) is 2. The van der Waals surface area contributed by atoms with Crippen molar-refractivity contribution in [2.24, 2.45) is 11.8 Å². The Morgan fingerprint density at radius 2 is 1.80 bits per heavy atom. The number of para-hydroxylation sites is 1. The van der Waals surface area contributed by atoms with Crippen LogP contribution in [0.3, 0.4) is 0 Å². The largest absolute Gasteiger partial charge is 0.481 e. The monoisotopic (exact) mass is 339 g/mol. The number of amides is 1. The van der Waals surface area contributed by atoms with Crippen LogP contribution >= 0.6 is 15.9 Å². The number of carboxylic acids is 1. The molecule has 1 aromatic rings. The summed E-state index contributed by atoms with van der Waals surface area (Å²) in [6.07, 6.45) is 3.06. The minimum Gasteiger partial charge on any atom is -0.481 e. The van der Waals surface area contributed by atoms with Crippen LogP contribution in [-0.2, 0) is 9.59 Å². The summed E-state index contributed by atoms with van der Waals surface area (Å²) in [5.74, 6) is -1.94. The molecule has 4 nitrogen and oxygen atoms in total. The lowest BCUT2D eigenvalue weighted by Crippen LogP contribution is -2.41. The Morgan fingerprint density at radius 1 is 1.20 bits per heavy atom. The van der Waals surface area contributed by atoms with E-state index in [1.807, 2.05) is 24.3 Å². The fraction of sp³-hybridized carbons (Fsp3) is 0.467. The van der Waals surface area contributed by atoms with Gasteiger partial charge in [0.25, 0.3) is 0 Å². The van der Waals surface area contributed by atoms with Gasteiger partial charge in [0, 0.05) is 11.5 Å². The van der Waals surface area contributed by atoms with Gasteiger partial charge in [-0.3, -0.25) is 9.59 Å². The van der Waals surface area contributed by atoms with Gasteiger partial charge in [-0.1, -0.05) is 25.0 Å². The molecule has 1 saturated carbocycles. The van der Waals surface area contributed by atoms with Crippen LogP contribution in [0.1, 0.15) is 25.7 Å². The summed E-state index contributed by atoms with van der Waals surface area (Å²) < 4.78 is 0.832. The molecule has 0 aliphatic heterocycles. The number of benzene rings is 1. The first-order valence-corrected chi connectivity index (χ1v) is 7.56. The van der Waals surface area contributed by atoms with Gasteiger partial charge in [0.1, 0.15) is 0 Å². The Hall–Kier alpha value is -1.36. The second kappa shape index (κ2) is 6.39. The molecule has 0 heterocycles. The Bertz CT molecular complexity index is 518. The second-order valence-corrected chi connectivity index (χ2v) is 6.04. The van der Waals surface area contributed by atoms with E-state index in [0.717, 1.165) is 23.0 Å². The molecule has 0 spiro atoms. The lowest BCUT2D eigenvalue weighted by molar-refractivity contribution is -0.148. The standard InChI is InChI=1S/C15H18BrNO3/c1-17(13-9-5-4-8-12(13)16)14(18)10-6-2-3-7-11(10)15(19)20/h4-5,8-11H,2-3,6-7H2,1H3,(H,19,20)/t10-,11-/m0/s1. The van der Waals surface area contributed by atoms with Crippen LogP contribution in [0.4, 0.5) is 5.69 Å². The molecule has 5 heteroatoms. The van der Waals surface area contributed by atoms with Crippen LogP contribution in [0.25, 0.3) is 0 Å². The Morgan fingerprint density at radius 3 is 2.40 bits per heavy atom. The zero-order chi connectivity index (χ0) is 14.7. The average Bonchev–Trinajstić information content (AvgIpc) is 2.46. The number of carboxylic acid groups (broad SMARTS) is 1. The van der Waals surface area contributed by atoms with Crippen LogP contribution in [0.5, 0.6) is 0 Å². The SMILES string of the molecule is CN(C(=O)[C@H]1CCCC[C@@H]1C(=O)O)c1ccccc1Br. The molecule has 0 bridgehead atoms. The van der Waals surface area contributed by atoms with Crippen LogP contribution in [0.2, 0.25) is 0 Å². The van der Waals surface area contributed by atoms with E-state index < -0.39 is 17.8 Å². The van der Waals surface area contributed by atoms with Crippen molar-refractivity contribution in [3.63, 3.8) is 0 Å². The smallest absolute Gasteiger partial charge is 0.307 e. The molecule has 0 radical (unpaired) electrons.